The molecule has 2 rings (SSSR count). The number of methoxy groups -OCH3 is 2. The van der Waals surface area contributed by atoms with Gasteiger partial charge in [0.25, 0.3) is 0 Å². The molecule has 0 aliphatic rings. The molecule has 0 bridgehead atoms. The maximum absolute atomic E-state index is 11.9. The number of nitrogen functional groups attached to an aromatic ring is 1. The number of anilines is 1. The summed E-state index contributed by atoms with van der Waals surface area (Å²) in [5.41, 5.74) is 5.92. The smallest absolute Gasteiger partial charge is 0.348 e. The van der Waals surface area contributed by atoms with Gasteiger partial charge in [-0.3, -0.25) is 0 Å². The molecule has 0 radical (unpaired) electrons. The number of thiophene rings is 1. The molecular formula is C17H17NO7S. The molecule has 138 valence electrons. The minimum atomic E-state index is -0.736. The Labute approximate surface area is 153 Å². The standard InChI is InChI=1S/C17H17NO7S/c1-22-16(20)13-11(14(17(21)23-2)26-15(13)18)8-25-12(19)9-24-10-6-4-3-5-7-10/h3-7H,8-9,18H2,1-2H3. The molecule has 0 spiro atoms. The van der Waals surface area contributed by atoms with Gasteiger partial charge in [-0.25, -0.2) is 14.4 Å². The fourth-order valence-electron chi connectivity index (χ4n) is 2.06. The zero-order valence-electron chi connectivity index (χ0n) is 14.1. The Bertz CT molecular complexity index is 801. The van der Waals surface area contributed by atoms with Crippen molar-refractivity contribution in [3.05, 3.63) is 46.3 Å². The van der Waals surface area contributed by atoms with Crippen LogP contribution in [0.4, 0.5) is 5.00 Å². The topological polar surface area (TPSA) is 114 Å². The van der Waals surface area contributed by atoms with Crippen LogP contribution in [0.2, 0.25) is 0 Å². The summed E-state index contributed by atoms with van der Waals surface area (Å²) in [6.07, 6.45) is 0. The van der Waals surface area contributed by atoms with E-state index in [0.29, 0.717) is 5.75 Å². The van der Waals surface area contributed by atoms with Crippen molar-refractivity contribution in [1.29, 1.82) is 0 Å². The lowest BCUT2D eigenvalue weighted by molar-refractivity contribution is -0.147. The van der Waals surface area contributed by atoms with Crippen molar-refractivity contribution in [1.82, 2.24) is 0 Å². The molecule has 1 aromatic heterocycles. The van der Waals surface area contributed by atoms with Crippen molar-refractivity contribution in [2.75, 3.05) is 26.6 Å². The Morgan fingerprint density at radius 1 is 1.04 bits per heavy atom. The lowest BCUT2D eigenvalue weighted by Crippen LogP contribution is -2.17. The molecular weight excluding hydrogens is 362 g/mol. The molecule has 26 heavy (non-hydrogen) atoms. The summed E-state index contributed by atoms with van der Waals surface area (Å²) in [6, 6.07) is 8.73. The first kappa shape index (κ1) is 19.3. The highest BCUT2D eigenvalue weighted by Gasteiger charge is 2.28. The molecule has 2 N–H and O–H groups in total. The quantitative estimate of drug-likeness (QED) is 0.574. The molecule has 0 fully saturated rings. The lowest BCUT2D eigenvalue weighted by atomic mass is 10.1. The molecule has 0 aliphatic heterocycles. The van der Waals surface area contributed by atoms with Crippen LogP contribution in [-0.2, 0) is 25.6 Å². The second-order valence-electron chi connectivity index (χ2n) is 4.89. The molecule has 1 heterocycles. The summed E-state index contributed by atoms with van der Waals surface area (Å²) in [4.78, 5) is 35.8. The highest BCUT2D eigenvalue weighted by Crippen LogP contribution is 2.33. The van der Waals surface area contributed by atoms with Gasteiger partial charge in [-0.05, 0) is 12.1 Å². The molecule has 0 amide bonds. The van der Waals surface area contributed by atoms with Crippen LogP contribution in [0.5, 0.6) is 5.75 Å². The Kier molecular flexibility index (Phi) is 6.56. The number of carbonyl (C=O) groups is 3. The van der Waals surface area contributed by atoms with E-state index in [0.717, 1.165) is 11.3 Å². The van der Waals surface area contributed by atoms with E-state index in [1.165, 1.54) is 14.2 Å². The Balaban J connectivity index is 2.10. The fraction of sp³-hybridized carbons (Fsp3) is 0.235. The fourth-order valence-corrected chi connectivity index (χ4v) is 3.04. The van der Waals surface area contributed by atoms with Crippen LogP contribution in [0.15, 0.2) is 30.3 Å². The minimum absolute atomic E-state index is 0.0188. The molecule has 1 aromatic carbocycles. The van der Waals surface area contributed by atoms with Gasteiger partial charge >= 0.3 is 17.9 Å². The number of benzene rings is 1. The number of ether oxygens (including phenoxy) is 4. The third-order valence-corrected chi connectivity index (χ3v) is 4.31. The van der Waals surface area contributed by atoms with Crippen molar-refractivity contribution < 1.29 is 33.3 Å². The molecule has 0 aliphatic carbocycles. The first-order chi connectivity index (χ1) is 12.5. The Hall–Kier alpha value is -3.07. The number of esters is 3. The number of hydrogen-bond donors (Lipinski definition) is 1. The highest BCUT2D eigenvalue weighted by molar-refractivity contribution is 7.18. The zero-order chi connectivity index (χ0) is 19.1. The summed E-state index contributed by atoms with van der Waals surface area (Å²) < 4.78 is 19.7. The van der Waals surface area contributed by atoms with E-state index in [-0.39, 0.29) is 34.2 Å². The van der Waals surface area contributed by atoms with Crippen LogP contribution < -0.4 is 10.5 Å². The van der Waals surface area contributed by atoms with Gasteiger partial charge in [-0.2, -0.15) is 0 Å². The van der Waals surface area contributed by atoms with Gasteiger partial charge in [0.1, 0.15) is 27.8 Å². The van der Waals surface area contributed by atoms with Crippen molar-refractivity contribution >= 4 is 34.2 Å². The first-order valence-corrected chi connectivity index (χ1v) is 8.20. The van der Waals surface area contributed by atoms with E-state index in [1.54, 1.807) is 24.3 Å². The molecule has 8 nitrogen and oxygen atoms in total. The predicted molar refractivity (Wildman–Crippen MR) is 93.1 cm³/mol. The van der Waals surface area contributed by atoms with Crippen molar-refractivity contribution in [2.45, 2.75) is 6.61 Å². The first-order valence-electron chi connectivity index (χ1n) is 7.39. The van der Waals surface area contributed by atoms with Crippen LogP contribution in [0.25, 0.3) is 0 Å². The lowest BCUT2D eigenvalue weighted by Gasteiger charge is -2.09. The Morgan fingerprint density at radius 2 is 1.69 bits per heavy atom. The van der Waals surface area contributed by atoms with Gasteiger partial charge in [0.15, 0.2) is 6.61 Å². The molecule has 0 atom stereocenters. The number of hydrogen-bond acceptors (Lipinski definition) is 9. The highest BCUT2D eigenvalue weighted by atomic mass is 32.1. The van der Waals surface area contributed by atoms with Gasteiger partial charge in [-0.1, -0.05) is 18.2 Å². The van der Waals surface area contributed by atoms with E-state index in [9.17, 15) is 14.4 Å². The van der Waals surface area contributed by atoms with Crippen LogP contribution in [0.1, 0.15) is 25.6 Å². The number of para-hydroxylation sites is 1. The maximum Gasteiger partial charge on any atom is 0.348 e. The van der Waals surface area contributed by atoms with Crippen LogP contribution >= 0.6 is 11.3 Å². The third kappa shape index (κ3) is 4.51. The van der Waals surface area contributed by atoms with Gasteiger partial charge < -0.3 is 24.7 Å². The average Bonchev–Trinajstić information content (AvgIpc) is 3.00. The van der Waals surface area contributed by atoms with E-state index < -0.39 is 17.9 Å². The van der Waals surface area contributed by atoms with Gasteiger partial charge in [0.2, 0.25) is 0 Å². The van der Waals surface area contributed by atoms with Crippen molar-refractivity contribution in [2.24, 2.45) is 0 Å². The number of carbonyl (C=O) groups excluding carboxylic acids is 3. The normalized spacial score (nSPS) is 10.1. The van der Waals surface area contributed by atoms with Crippen molar-refractivity contribution in [3.63, 3.8) is 0 Å². The summed E-state index contributed by atoms with van der Waals surface area (Å²) in [6.45, 7) is -0.676. The van der Waals surface area contributed by atoms with Crippen molar-refractivity contribution in [3.8, 4) is 5.75 Å². The maximum atomic E-state index is 11.9. The molecule has 2 aromatic rings. The van der Waals surface area contributed by atoms with Crippen LogP contribution in [0, 0.1) is 0 Å². The van der Waals surface area contributed by atoms with Gasteiger partial charge in [0.05, 0.1) is 14.2 Å². The third-order valence-electron chi connectivity index (χ3n) is 3.27. The second kappa shape index (κ2) is 8.86. The zero-order valence-corrected chi connectivity index (χ0v) is 15.0. The second-order valence-corrected chi connectivity index (χ2v) is 5.95. The number of rotatable bonds is 7. The van der Waals surface area contributed by atoms with E-state index >= 15 is 0 Å². The Morgan fingerprint density at radius 3 is 2.31 bits per heavy atom. The molecule has 0 unspecified atom stereocenters. The van der Waals surface area contributed by atoms with Crippen LogP contribution in [0.3, 0.4) is 0 Å². The summed E-state index contributed by atoms with van der Waals surface area (Å²) in [5.74, 6) is -1.59. The predicted octanol–water partition coefficient (Wildman–Crippen LogP) is 2.03. The summed E-state index contributed by atoms with van der Waals surface area (Å²) >= 11 is 0.859. The van der Waals surface area contributed by atoms with Crippen LogP contribution in [-0.4, -0.2) is 38.7 Å². The van der Waals surface area contributed by atoms with E-state index in [1.807, 2.05) is 6.07 Å². The van der Waals surface area contributed by atoms with Gasteiger partial charge in [-0.15, -0.1) is 11.3 Å². The summed E-state index contributed by atoms with van der Waals surface area (Å²) in [7, 11) is 2.38. The van der Waals surface area contributed by atoms with Gasteiger partial charge in [0, 0.05) is 5.56 Å². The molecule has 0 saturated heterocycles. The minimum Gasteiger partial charge on any atom is -0.482 e. The van der Waals surface area contributed by atoms with E-state index in [2.05, 4.69) is 9.47 Å². The largest absolute Gasteiger partial charge is 0.482 e. The summed E-state index contributed by atoms with van der Waals surface area (Å²) in [5, 5.41) is 0.0730. The molecule has 9 heteroatoms. The molecule has 0 saturated carbocycles. The average molecular weight is 379 g/mol. The SMILES string of the molecule is COC(=O)c1sc(N)c(C(=O)OC)c1COC(=O)COc1ccccc1. The number of nitrogens with two attached hydrogens (primary N) is 1. The monoisotopic (exact) mass is 379 g/mol. The van der Waals surface area contributed by atoms with E-state index in [4.69, 9.17) is 15.2 Å².